The van der Waals surface area contributed by atoms with Crippen LogP contribution in [0.2, 0.25) is 5.02 Å². The van der Waals surface area contributed by atoms with Crippen LogP contribution in [0.25, 0.3) is 0 Å². The lowest BCUT2D eigenvalue weighted by atomic mass is 9.95. The van der Waals surface area contributed by atoms with Gasteiger partial charge in [-0.1, -0.05) is 82.3 Å². The van der Waals surface area contributed by atoms with E-state index in [1.54, 1.807) is 11.8 Å². The molecule has 0 amide bonds. The summed E-state index contributed by atoms with van der Waals surface area (Å²) in [6.45, 7) is 5.89. The summed E-state index contributed by atoms with van der Waals surface area (Å²) in [4.78, 5) is 18.1. The molecule has 1 aromatic heterocycles. The van der Waals surface area contributed by atoms with Gasteiger partial charge in [0, 0.05) is 20.9 Å². The van der Waals surface area contributed by atoms with Crippen molar-refractivity contribution in [2.45, 2.75) is 30.5 Å². The highest BCUT2D eigenvalue weighted by molar-refractivity contribution is 9.10. The van der Waals surface area contributed by atoms with Crippen molar-refractivity contribution in [1.29, 1.82) is 0 Å². The zero-order chi connectivity index (χ0) is 30.5. The predicted octanol–water partition coefficient (Wildman–Crippen LogP) is 8.35. The smallest absolute Gasteiger partial charge is 0.338 e. The second kappa shape index (κ2) is 14.0. The summed E-state index contributed by atoms with van der Waals surface area (Å²) in [5.74, 6) is 1.61. The van der Waals surface area contributed by atoms with Crippen molar-refractivity contribution in [2.75, 3.05) is 19.0 Å². The Morgan fingerprint density at radius 3 is 2.67 bits per heavy atom. The van der Waals surface area contributed by atoms with Gasteiger partial charge in [-0.25, -0.2) is 9.48 Å². The maximum Gasteiger partial charge on any atom is 0.338 e. The molecular weight excluding hydrogens is 720 g/mol. The molecule has 1 aliphatic heterocycles. The van der Waals surface area contributed by atoms with Gasteiger partial charge in [-0.2, -0.15) is 4.98 Å². The summed E-state index contributed by atoms with van der Waals surface area (Å²) in [6, 6.07) is 18.6. The van der Waals surface area contributed by atoms with Crippen molar-refractivity contribution in [3.8, 4) is 11.5 Å². The molecule has 222 valence electrons. The van der Waals surface area contributed by atoms with Crippen molar-refractivity contribution in [1.82, 2.24) is 14.8 Å². The highest BCUT2D eigenvalue weighted by Crippen LogP contribution is 2.43. The number of rotatable bonds is 11. The monoisotopic (exact) mass is 744 g/mol. The highest BCUT2D eigenvalue weighted by atomic mass is 79.9. The molecule has 1 N–H and O–H groups in total. The number of allylic oxidation sites excluding steroid dienone is 1. The van der Waals surface area contributed by atoms with Gasteiger partial charge < -0.3 is 19.5 Å². The normalized spacial score (nSPS) is 14.1. The first kappa shape index (κ1) is 31.2. The van der Waals surface area contributed by atoms with E-state index in [-0.39, 0.29) is 6.61 Å². The van der Waals surface area contributed by atoms with E-state index in [2.05, 4.69) is 43.8 Å². The molecule has 0 spiro atoms. The fraction of sp³-hybridized carbons (Fsp3) is 0.194. The van der Waals surface area contributed by atoms with E-state index in [0.29, 0.717) is 55.7 Å². The average Bonchev–Trinajstić information content (AvgIpc) is 3.40. The molecule has 0 saturated heterocycles. The zero-order valence-electron chi connectivity index (χ0n) is 23.3. The molecule has 2 heterocycles. The summed E-state index contributed by atoms with van der Waals surface area (Å²) in [7, 11) is 1.57. The van der Waals surface area contributed by atoms with Crippen LogP contribution in [0.4, 0.5) is 5.95 Å². The molecule has 0 aliphatic carbocycles. The highest BCUT2D eigenvalue weighted by Gasteiger charge is 2.36. The molecule has 0 radical (unpaired) electrons. The first-order valence-electron chi connectivity index (χ1n) is 13.1. The molecule has 5 rings (SSSR count). The van der Waals surface area contributed by atoms with E-state index < -0.39 is 12.0 Å². The van der Waals surface area contributed by atoms with Crippen molar-refractivity contribution >= 4 is 67.1 Å². The number of ether oxygens (including phenoxy) is 3. The summed E-state index contributed by atoms with van der Waals surface area (Å²) < 4.78 is 20.8. The number of benzene rings is 3. The number of thioether (sulfide) groups is 1. The number of aromatic nitrogens is 3. The summed E-state index contributed by atoms with van der Waals surface area (Å²) in [5.41, 5.74) is 3.69. The van der Waals surface area contributed by atoms with E-state index >= 15 is 0 Å². The molecule has 4 aromatic rings. The Kier molecular flexibility index (Phi) is 10.2. The largest absolute Gasteiger partial charge is 0.493 e. The molecule has 0 bridgehead atoms. The van der Waals surface area contributed by atoms with Gasteiger partial charge in [0.1, 0.15) is 19.3 Å². The molecule has 8 nitrogen and oxygen atoms in total. The fourth-order valence-corrected chi connectivity index (χ4v) is 6.46. The SMILES string of the molecule is C=CCOC(=O)C1=C(C)Nc2nc(SCc3ccccc3Cl)nn2C1c1cc(Br)c(OCc2ccc(Br)cc2)c(OC)c1. The summed E-state index contributed by atoms with van der Waals surface area (Å²) in [5, 5.41) is 9.24. The van der Waals surface area contributed by atoms with Gasteiger partial charge >= 0.3 is 5.97 Å². The number of halogens is 3. The second-order valence-electron chi connectivity index (χ2n) is 9.45. The molecule has 3 aromatic carbocycles. The van der Waals surface area contributed by atoms with Crippen molar-refractivity contribution in [3.05, 3.63) is 115 Å². The zero-order valence-corrected chi connectivity index (χ0v) is 28.0. The van der Waals surface area contributed by atoms with E-state index in [1.807, 2.05) is 67.6 Å². The van der Waals surface area contributed by atoms with Gasteiger partial charge in [-0.15, -0.1) is 5.10 Å². The minimum Gasteiger partial charge on any atom is -0.493 e. The van der Waals surface area contributed by atoms with Crippen LogP contribution in [-0.4, -0.2) is 34.5 Å². The number of esters is 1. The minimum absolute atomic E-state index is 0.0708. The van der Waals surface area contributed by atoms with Gasteiger partial charge in [0.2, 0.25) is 11.1 Å². The van der Waals surface area contributed by atoms with Gasteiger partial charge in [-0.3, -0.25) is 0 Å². The number of hydrogen-bond acceptors (Lipinski definition) is 8. The van der Waals surface area contributed by atoms with Crippen LogP contribution < -0.4 is 14.8 Å². The average molecular weight is 747 g/mol. The fourth-order valence-electron chi connectivity index (χ4n) is 4.51. The number of anilines is 1. The lowest BCUT2D eigenvalue weighted by molar-refractivity contribution is -0.138. The Hall–Kier alpha value is -3.25. The molecule has 0 saturated carbocycles. The van der Waals surface area contributed by atoms with Gasteiger partial charge in [-0.05, 0) is 69.9 Å². The molecular formula is C31H27Br2ClN4O4S. The molecule has 12 heteroatoms. The predicted molar refractivity (Wildman–Crippen MR) is 176 cm³/mol. The van der Waals surface area contributed by atoms with E-state index in [1.165, 1.54) is 17.8 Å². The lowest BCUT2D eigenvalue weighted by Crippen LogP contribution is -2.29. The van der Waals surface area contributed by atoms with Crippen LogP contribution in [-0.2, 0) is 21.9 Å². The third-order valence-electron chi connectivity index (χ3n) is 6.56. The quantitative estimate of drug-likeness (QED) is 0.0932. The Morgan fingerprint density at radius 1 is 1.19 bits per heavy atom. The number of carbonyl (C=O) groups is 1. The Labute approximate surface area is 275 Å². The van der Waals surface area contributed by atoms with E-state index in [4.69, 9.17) is 35.9 Å². The molecule has 43 heavy (non-hydrogen) atoms. The Balaban J connectivity index is 1.51. The molecule has 1 unspecified atom stereocenters. The number of nitrogens with one attached hydrogen (secondary N) is 1. The van der Waals surface area contributed by atoms with Crippen LogP contribution in [0.1, 0.15) is 29.7 Å². The Morgan fingerprint density at radius 2 is 1.95 bits per heavy atom. The topological polar surface area (TPSA) is 87.5 Å². The molecule has 1 aliphatic rings. The number of hydrogen-bond donors (Lipinski definition) is 1. The van der Waals surface area contributed by atoms with Crippen LogP contribution in [0.15, 0.2) is 98.7 Å². The summed E-state index contributed by atoms with van der Waals surface area (Å²) >= 11 is 14.9. The van der Waals surface area contributed by atoms with Gasteiger partial charge in [0.25, 0.3) is 0 Å². The lowest BCUT2D eigenvalue weighted by Gasteiger charge is -2.28. The van der Waals surface area contributed by atoms with E-state index in [9.17, 15) is 4.79 Å². The van der Waals surface area contributed by atoms with Crippen LogP contribution in [0, 0.1) is 0 Å². The van der Waals surface area contributed by atoms with Crippen LogP contribution in [0.5, 0.6) is 11.5 Å². The van der Waals surface area contributed by atoms with Crippen LogP contribution in [0.3, 0.4) is 0 Å². The maximum absolute atomic E-state index is 13.4. The number of fused-ring (bicyclic) bond motifs is 1. The van der Waals surface area contributed by atoms with Crippen molar-refractivity contribution in [2.24, 2.45) is 0 Å². The third-order valence-corrected chi connectivity index (χ3v) is 8.94. The minimum atomic E-state index is -0.665. The maximum atomic E-state index is 13.4. The van der Waals surface area contributed by atoms with Crippen molar-refractivity contribution in [3.63, 3.8) is 0 Å². The number of carbonyl (C=O) groups excluding carboxylic acids is 1. The molecule has 1 atom stereocenters. The first-order chi connectivity index (χ1) is 20.8. The number of nitrogens with zero attached hydrogens (tertiary/aromatic N) is 3. The molecule has 0 fully saturated rings. The van der Waals surface area contributed by atoms with Gasteiger partial charge in [0.15, 0.2) is 11.5 Å². The third kappa shape index (κ3) is 7.12. The standard InChI is InChI=1S/C31H27Br2ClN4O4S/c1-4-13-41-29(39)26-18(2)35-30-36-31(43-17-20-7-5-6-8-24(20)34)37-38(30)27(26)21-14-23(33)28(25(15-21)40-3)42-16-19-9-11-22(32)12-10-19/h4-12,14-15,27H,1,13,16-17H2,2-3H3,(H,35,36,37). The number of methoxy groups -OCH3 is 1. The Bertz CT molecular complexity index is 1690. The first-order valence-corrected chi connectivity index (χ1v) is 16.1. The van der Waals surface area contributed by atoms with Crippen LogP contribution >= 0.6 is 55.2 Å². The second-order valence-corrected chi connectivity index (χ2v) is 12.6. The van der Waals surface area contributed by atoms with Crippen molar-refractivity contribution < 1.29 is 19.0 Å². The van der Waals surface area contributed by atoms with Gasteiger partial charge in [0.05, 0.1) is 17.2 Å². The summed E-state index contributed by atoms with van der Waals surface area (Å²) in [6.07, 6.45) is 1.53. The van der Waals surface area contributed by atoms with E-state index in [0.717, 1.165) is 21.2 Å².